The summed E-state index contributed by atoms with van der Waals surface area (Å²) in [6.45, 7) is 12.4. The summed E-state index contributed by atoms with van der Waals surface area (Å²) in [5.41, 5.74) is 3.13. The normalized spacial score (nSPS) is 23.9. The molecule has 18 heavy (non-hydrogen) atoms. The summed E-state index contributed by atoms with van der Waals surface area (Å²) in [6, 6.07) is 0. The van der Waals surface area contributed by atoms with Crippen LogP contribution in [0.2, 0.25) is 0 Å². The molecule has 0 N–H and O–H groups in total. The first-order valence-corrected chi connectivity index (χ1v) is 6.99. The van der Waals surface area contributed by atoms with Crippen LogP contribution < -0.4 is 0 Å². The second kappa shape index (κ2) is 5.71. The third kappa shape index (κ3) is 3.99. The maximum Gasteiger partial charge on any atom is 0.00333 e. The number of hydrogen-bond donors (Lipinski definition) is 0. The van der Waals surface area contributed by atoms with Crippen LogP contribution in [0, 0.1) is 5.41 Å². The first kappa shape index (κ1) is 13.4. The lowest BCUT2D eigenvalue weighted by Gasteiger charge is -2.19. The molecule has 0 amide bonds. The van der Waals surface area contributed by atoms with Crippen molar-refractivity contribution >= 4 is 0 Å². The van der Waals surface area contributed by atoms with Gasteiger partial charge in [0.1, 0.15) is 0 Å². The molecule has 0 aromatic heterocycles. The highest BCUT2D eigenvalue weighted by Crippen LogP contribution is 2.29. The molecule has 0 aromatic rings. The van der Waals surface area contributed by atoms with Crippen LogP contribution >= 0.6 is 0 Å². The van der Waals surface area contributed by atoms with Gasteiger partial charge in [-0.05, 0) is 36.8 Å². The summed E-state index contributed by atoms with van der Waals surface area (Å²) in [6.07, 6.45) is 14.4. The van der Waals surface area contributed by atoms with E-state index in [0.717, 1.165) is 12.8 Å². The van der Waals surface area contributed by atoms with Crippen LogP contribution in [0.5, 0.6) is 0 Å². The second-order valence-corrected chi connectivity index (χ2v) is 6.31. The van der Waals surface area contributed by atoms with E-state index in [0.29, 0.717) is 5.41 Å². The molecular weight excluding hydrogens is 218 g/mol. The smallest absolute Gasteiger partial charge is 0.00333 e. The number of allylic oxidation sites excluding steroid dienone is 6. The summed E-state index contributed by atoms with van der Waals surface area (Å²) >= 11 is 0. The minimum atomic E-state index is 0.517. The third-order valence-electron chi connectivity index (χ3n) is 3.83. The molecule has 0 atom stereocenters. The SMILES string of the molecule is C=C1C=CC=C(CCN2CCC(C)(C)C2)C=CC1. The Hall–Kier alpha value is -1.08. The van der Waals surface area contributed by atoms with Crippen LogP contribution in [0.4, 0.5) is 0 Å². The van der Waals surface area contributed by atoms with Crippen LogP contribution in [0.3, 0.4) is 0 Å². The third-order valence-corrected chi connectivity index (χ3v) is 3.83. The van der Waals surface area contributed by atoms with Crippen LogP contribution in [0.15, 0.2) is 48.1 Å². The summed E-state index contributed by atoms with van der Waals surface area (Å²) in [4.78, 5) is 2.59. The van der Waals surface area contributed by atoms with E-state index in [1.807, 2.05) is 0 Å². The Kier molecular flexibility index (Phi) is 4.23. The van der Waals surface area contributed by atoms with E-state index in [1.54, 1.807) is 0 Å². The first-order chi connectivity index (χ1) is 8.55. The molecule has 0 aromatic carbocycles. The number of likely N-dealkylation sites (tertiary alicyclic amines) is 1. The molecule has 1 heteroatoms. The van der Waals surface area contributed by atoms with Crippen molar-refractivity contribution in [2.24, 2.45) is 5.41 Å². The molecule has 0 unspecified atom stereocenters. The minimum absolute atomic E-state index is 0.517. The zero-order valence-corrected chi connectivity index (χ0v) is 11.8. The molecule has 2 rings (SSSR count). The average Bonchev–Trinajstić information content (AvgIpc) is 2.62. The number of rotatable bonds is 3. The largest absolute Gasteiger partial charge is 0.302 e. The van der Waals surface area contributed by atoms with Gasteiger partial charge in [0.25, 0.3) is 0 Å². The molecule has 0 bridgehead atoms. The van der Waals surface area contributed by atoms with Crippen molar-refractivity contribution in [2.45, 2.75) is 33.1 Å². The number of hydrogen-bond acceptors (Lipinski definition) is 1. The summed E-state index contributed by atoms with van der Waals surface area (Å²) in [5, 5.41) is 0. The number of nitrogens with zero attached hydrogens (tertiary/aromatic N) is 1. The maximum atomic E-state index is 3.99. The van der Waals surface area contributed by atoms with Crippen LogP contribution in [-0.2, 0) is 0 Å². The van der Waals surface area contributed by atoms with Gasteiger partial charge in [-0.1, -0.05) is 56.4 Å². The van der Waals surface area contributed by atoms with E-state index in [1.165, 1.54) is 37.2 Å². The molecule has 1 aliphatic carbocycles. The van der Waals surface area contributed by atoms with Gasteiger partial charge in [-0.3, -0.25) is 0 Å². The van der Waals surface area contributed by atoms with Gasteiger partial charge >= 0.3 is 0 Å². The average molecular weight is 243 g/mol. The lowest BCUT2D eigenvalue weighted by molar-refractivity contribution is 0.294. The van der Waals surface area contributed by atoms with E-state index in [4.69, 9.17) is 0 Å². The first-order valence-electron chi connectivity index (χ1n) is 6.99. The molecule has 1 heterocycles. The van der Waals surface area contributed by atoms with Gasteiger partial charge in [-0.2, -0.15) is 0 Å². The molecule has 0 saturated carbocycles. The Balaban J connectivity index is 1.85. The van der Waals surface area contributed by atoms with Gasteiger partial charge in [-0.25, -0.2) is 0 Å². The fourth-order valence-corrected chi connectivity index (χ4v) is 2.66. The van der Waals surface area contributed by atoms with Crippen LogP contribution in [-0.4, -0.2) is 24.5 Å². The molecule has 1 aliphatic heterocycles. The van der Waals surface area contributed by atoms with Gasteiger partial charge in [0.2, 0.25) is 0 Å². The van der Waals surface area contributed by atoms with Crippen molar-refractivity contribution in [1.82, 2.24) is 4.90 Å². The van der Waals surface area contributed by atoms with Crippen molar-refractivity contribution < 1.29 is 0 Å². The van der Waals surface area contributed by atoms with E-state index in [2.05, 4.69) is 55.7 Å². The molecule has 1 fully saturated rings. The van der Waals surface area contributed by atoms with Gasteiger partial charge in [-0.15, -0.1) is 0 Å². The molecule has 98 valence electrons. The van der Waals surface area contributed by atoms with Gasteiger partial charge in [0, 0.05) is 13.1 Å². The quantitative estimate of drug-likeness (QED) is 0.721. The minimum Gasteiger partial charge on any atom is -0.302 e. The summed E-state index contributed by atoms with van der Waals surface area (Å²) in [5.74, 6) is 0. The molecule has 1 saturated heterocycles. The Labute approximate surface area is 112 Å². The van der Waals surface area contributed by atoms with Crippen molar-refractivity contribution in [3.05, 3.63) is 48.1 Å². The zero-order valence-electron chi connectivity index (χ0n) is 11.8. The second-order valence-electron chi connectivity index (χ2n) is 6.31. The van der Waals surface area contributed by atoms with Gasteiger partial charge in [0.15, 0.2) is 0 Å². The Morgan fingerprint density at radius 2 is 2.17 bits per heavy atom. The van der Waals surface area contributed by atoms with Crippen molar-refractivity contribution in [3.8, 4) is 0 Å². The summed E-state index contributed by atoms with van der Waals surface area (Å²) < 4.78 is 0. The predicted molar refractivity (Wildman–Crippen MR) is 79.6 cm³/mol. The molecule has 0 spiro atoms. The van der Waals surface area contributed by atoms with Crippen LogP contribution in [0.25, 0.3) is 0 Å². The molecular formula is C17H25N. The lowest BCUT2D eigenvalue weighted by Crippen LogP contribution is -2.24. The fraction of sp³-hybridized carbons (Fsp3) is 0.529. The van der Waals surface area contributed by atoms with Gasteiger partial charge in [0.05, 0.1) is 0 Å². The Morgan fingerprint density at radius 3 is 2.89 bits per heavy atom. The van der Waals surface area contributed by atoms with Crippen molar-refractivity contribution in [1.29, 1.82) is 0 Å². The maximum absolute atomic E-state index is 3.99. The Morgan fingerprint density at radius 1 is 1.33 bits per heavy atom. The Bertz CT molecular complexity index is 396. The highest BCUT2D eigenvalue weighted by atomic mass is 15.1. The molecule has 1 nitrogen and oxygen atoms in total. The van der Waals surface area contributed by atoms with E-state index < -0.39 is 0 Å². The highest BCUT2D eigenvalue weighted by Gasteiger charge is 2.28. The predicted octanol–water partition coefficient (Wildman–Crippen LogP) is 4.11. The van der Waals surface area contributed by atoms with Crippen molar-refractivity contribution in [3.63, 3.8) is 0 Å². The summed E-state index contributed by atoms with van der Waals surface area (Å²) in [7, 11) is 0. The molecule has 0 radical (unpaired) electrons. The highest BCUT2D eigenvalue weighted by molar-refractivity contribution is 5.32. The standard InChI is InChI=1S/C17H25N/c1-15-6-4-8-16(9-5-7-15)10-12-18-13-11-17(2,3)14-18/h4-6,8-9H,1,7,10-14H2,2-3H3. The van der Waals surface area contributed by atoms with Gasteiger partial charge < -0.3 is 4.90 Å². The van der Waals surface area contributed by atoms with Crippen molar-refractivity contribution in [2.75, 3.05) is 19.6 Å². The lowest BCUT2D eigenvalue weighted by atomic mass is 9.93. The van der Waals surface area contributed by atoms with Crippen LogP contribution in [0.1, 0.15) is 33.1 Å². The fourth-order valence-electron chi connectivity index (χ4n) is 2.66. The van der Waals surface area contributed by atoms with E-state index >= 15 is 0 Å². The van der Waals surface area contributed by atoms with E-state index in [9.17, 15) is 0 Å². The zero-order chi connectivity index (χ0) is 13.0. The topological polar surface area (TPSA) is 3.24 Å². The van der Waals surface area contributed by atoms with E-state index in [-0.39, 0.29) is 0 Å². The monoisotopic (exact) mass is 243 g/mol. The molecule has 2 aliphatic rings.